The number of ether oxygens (including phenoxy) is 1. The predicted octanol–water partition coefficient (Wildman–Crippen LogP) is 4.54. The van der Waals surface area contributed by atoms with Crippen LogP contribution < -0.4 is 10.1 Å². The van der Waals surface area contributed by atoms with Crippen molar-refractivity contribution in [1.29, 1.82) is 0 Å². The molecule has 5 heteroatoms. The first-order valence-electron chi connectivity index (χ1n) is 7.27. The number of fused-ring (bicyclic) bond motifs is 1. The van der Waals surface area contributed by atoms with Gasteiger partial charge in [-0.25, -0.2) is 0 Å². The third-order valence-electron chi connectivity index (χ3n) is 3.58. The summed E-state index contributed by atoms with van der Waals surface area (Å²) in [5.74, 6) is 0.597. The Morgan fingerprint density at radius 3 is 2.74 bits per heavy atom. The number of thiophene rings is 1. The first-order chi connectivity index (χ1) is 11.2. The molecule has 1 heterocycles. The highest BCUT2D eigenvalue weighted by Crippen LogP contribution is 2.37. The Hall–Kier alpha value is -2.04. The van der Waals surface area contributed by atoms with Crippen molar-refractivity contribution < 1.29 is 9.53 Å². The fourth-order valence-electron chi connectivity index (χ4n) is 2.37. The number of carbonyl (C=O) groups is 1. The molecule has 0 unspecified atom stereocenters. The lowest BCUT2D eigenvalue weighted by atomic mass is 10.1. The number of hydrogen-bond acceptors (Lipinski definition) is 3. The maximum absolute atomic E-state index is 12.4. The van der Waals surface area contributed by atoms with Crippen molar-refractivity contribution >= 4 is 38.9 Å². The topological polar surface area (TPSA) is 38.3 Å². The van der Waals surface area contributed by atoms with Gasteiger partial charge in [-0.1, -0.05) is 41.9 Å². The average Bonchev–Trinajstić information content (AvgIpc) is 2.92. The van der Waals surface area contributed by atoms with Gasteiger partial charge in [-0.05, 0) is 30.2 Å². The Kier molecular flexibility index (Phi) is 4.84. The van der Waals surface area contributed by atoms with Crippen LogP contribution in [0.2, 0.25) is 5.02 Å². The Morgan fingerprint density at radius 1 is 1.22 bits per heavy atom. The van der Waals surface area contributed by atoms with E-state index in [-0.39, 0.29) is 5.91 Å². The smallest absolute Gasteiger partial charge is 0.262 e. The van der Waals surface area contributed by atoms with E-state index in [9.17, 15) is 4.79 Å². The second kappa shape index (κ2) is 7.02. The molecule has 0 aliphatic heterocycles. The van der Waals surface area contributed by atoms with Gasteiger partial charge in [0.2, 0.25) is 0 Å². The molecule has 3 nitrogen and oxygen atoms in total. The van der Waals surface area contributed by atoms with Crippen LogP contribution in [-0.2, 0) is 6.42 Å². The number of halogens is 1. The van der Waals surface area contributed by atoms with Gasteiger partial charge >= 0.3 is 0 Å². The molecule has 23 heavy (non-hydrogen) atoms. The summed E-state index contributed by atoms with van der Waals surface area (Å²) in [7, 11) is 1.61. The first-order valence-corrected chi connectivity index (χ1v) is 8.46. The summed E-state index contributed by atoms with van der Waals surface area (Å²) >= 11 is 7.77. The number of benzene rings is 2. The average molecular weight is 346 g/mol. The fraction of sp³-hybridized carbons (Fsp3) is 0.167. The van der Waals surface area contributed by atoms with E-state index in [0.29, 0.717) is 16.4 Å². The number of methoxy groups -OCH3 is 1. The molecule has 0 atom stereocenters. The van der Waals surface area contributed by atoms with Gasteiger partial charge in [-0.15, -0.1) is 11.3 Å². The molecule has 1 aromatic heterocycles. The summed E-state index contributed by atoms with van der Waals surface area (Å²) < 4.78 is 6.18. The molecule has 3 rings (SSSR count). The third kappa shape index (κ3) is 3.49. The lowest BCUT2D eigenvalue weighted by molar-refractivity contribution is 0.0958. The van der Waals surface area contributed by atoms with Crippen LogP contribution in [0.4, 0.5) is 0 Å². The van der Waals surface area contributed by atoms with Crippen molar-refractivity contribution in [3.8, 4) is 5.75 Å². The Morgan fingerprint density at radius 2 is 2.00 bits per heavy atom. The summed E-state index contributed by atoms with van der Waals surface area (Å²) in [6.45, 7) is 0.580. The maximum Gasteiger partial charge on any atom is 0.262 e. The minimum atomic E-state index is -0.133. The Labute approximate surface area is 143 Å². The van der Waals surface area contributed by atoms with Gasteiger partial charge in [-0.2, -0.15) is 0 Å². The summed E-state index contributed by atoms with van der Waals surface area (Å²) in [5.41, 5.74) is 1.19. The molecule has 3 aromatic rings. The molecule has 0 saturated carbocycles. The standard InChI is InChI=1S/C18H16ClNO2S/c1-22-13-7-8-15-14(11-13)16(19)17(23-15)18(21)20-10-9-12-5-3-2-4-6-12/h2-8,11H,9-10H2,1H3,(H,20,21). The lowest BCUT2D eigenvalue weighted by Gasteiger charge is -2.04. The molecular formula is C18H16ClNO2S. The fourth-order valence-corrected chi connectivity index (χ4v) is 3.77. The van der Waals surface area contributed by atoms with Gasteiger partial charge < -0.3 is 10.1 Å². The Balaban J connectivity index is 1.72. The van der Waals surface area contributed by atoms with Crippen molar-refractivity contribution in [3.63, 3.8) is 0 Å². The van der Waals surface area contributed by atoms with Gasteiger partial charge in [0.1, 0.15) is 10.6 Å². The van der Waals surface area contributed by atoms with Crippen LogP contribution in [0.5, 0.6) is 5.75 Å². The number of amides is 1. The molecule has 2 aromatic carbocycles. The molecule has 0 fully saturated rings. The Bertz CT molecular complexity index is 830. The maximum atomic E-state index is 12.4. The highest BCUT2D eigenvalue weighted by Gasteiger charge is 2.17. The number of carbonyl (C=O) groups excluding carboxylic acids is 1. The zero-order valence-electron chi connectivity index (χ0n) is 12.6. The quantitative estimate of drug-likeness (QED) is 0.737. The van der Waals surface area contributed by atoms with E-state index in [1.54, 1.807) is 7.11 Å². The zero-order chi connectivity index (χ0) is 16.2. The summed E-state index contributed by atoms with van der Waals surface area (Å²) in [4.78, 5) is 12.9. The molecule has 118 valence electrons. The first kappa shape index (κ1) is 15.8. The van der Waals surface area contributed by atoms with E-state index in [1.165, 1.54) is 16.9 Å². The van der Waals surface area contributed by atoms with Crippen molar-refractivity contribution in [2.75, 3.05) is 13.7 Å². The van der Waals surface area contributed by atoms with Gasteiger partial charge in [-0.3, -0.25) is 4.79 Å². The minimum absolute atomic E-state index is 0.133. The van der Waals surface area contributed by atoms with E-state index in [0.717, 1.165) is 22.3 Å². The highest BCUT2D eigenvalue weighted by atomic mass is 35.5. The monoisotopic (exact) mass is 345 g/mol. The van der Waals surface area contributed by atoms with Gasteiger partial charge in [0.05, 0.1) is 12.1 Å². The number of nitrogens with one attached hydrogen (secondary N) is 1. The second-order valence-electron chi connectivity index (χ2n) is 5.10. The molecule has 0 aliphatic carbocycles. The largest absolute Gasteiger partial charge is 0.497 e. The van der Waals surface area contributed by atoms with E-state index in [1.807, 2.05) is 48.5 Å². The van der Waals surface area contributed by atoms with E-state index in [2.05, 4.69) is 5.32 Å². The molecule has 0 saturated heterocycles. The van der Waals surface area contributed by atoms with Crippen molar-refractivity contribution in [1.82, 2.24) is 5.32 Å². The van der Waals surface area contributed by atoms with Crippen molar-refractivity contribution in [2.45, 2.75) is 6.42 Å². The van der Waals surface area contributed by atoms with Crippen LogP contribution in [0.3, 0.4) is 0 Å². The van der Waals surface area contributed by atoms with Crippen LogP contribution in [0.25, 0.3) is 10.1 Å². The molecule has 0 bridgehead atoms. The van der Waals surface area contributed by atoms with Crippen molar-refractivity contribution in [2.24, 2.45) is 0 Å². The molecule has 1 N–H and O–H groups in total. The SMILES string of the molecule is COc1ccc2sc(C(=O)NCCc3ccccc3)c(Cl)c2c1. The molecule has 1 amide bonds. The van der Waals surface area contributed by atoms with Crippen LogP contribution in [0.15, 0.2) is 48.5 Å². The summed E-state index contributed by atoms with van der Waals surface area (Å²) in [5, 5.41) is 4.27. The molecule has 0 radical (unpaired) electrons. The van der Waals surface area contributed by atoms with Gasteiger partial charge in [0, 0.05) is 16.6 Å². The number of rotatable bonds is 5. The third-order valence-corrected chi connectivity index (χ3v) is 5.26. The van der Waals surface area contributed by atoms with E-state index < -0.39 is 0 Å². The summed E-state index contributed by atoms with van der Waals surface area (Å²) in [6.07, 6.45) is 0.795. The molecule has 0 spiro atoms. The van der Waals surface area contributed by atoms with Crippen molar-refractivity contribution in [3.05, 3.63) is 64.0 Å². The number of hydrogen-bond donors (Lipinski definition) is 1. The van der Waals surface area contributed by atoms with Gasteiger partial charge in [0.15, 0.2) is 0 Å². The normalized spacial score (nSPS) is 10.7. The van der Waals surface area contributed by atoms with Crippen LogP contribution in [0, 0.1) is 0 Å². The second-order valence-corrected chi connectivity index (χ2v) is 6.53. The molecule has 0 aliphatic rings. The highest BCUT2D eigenvalue weighted by molar-refractivity contribution is 7.21. The molecular weight excluding hydrogens is 330 g/mol. The summed E-state index contributed by atoms with van der Waals surface area (Å²) in [6, 6.07) is 15.7. The zero-order valence-corrected chi connectivity index (χ0v) is 14.2. The lowest BCUT2D eigenvalue weighted by Crippen LogP contribution is -2.25. The van der Waals surface area contributed by atoms with Gasteiger partial charge in [0.25, 0.3) is 5.91 Å². The van der Waals surface area contributed by atoms with E-state index in [4.69, 9.17) is 16.3 Å². The van der Waals surface area contributed by atoms with E-state index >= 15 is 0 Å². The van der Waals surface area contributed by atoms with Crippen LogP contribution in [-0.4, -0.2) is 19.6 Å². The van der Waals surface area contributed by atoms with Crippen LogP contribution >= 0.6 is 22.9 Å². The predicted molar refractivity (Wildman–Crippen MR) is 95.9 cm³/mol. The minimum Gasteiger partial charge on any atom is -0.497 e. The van der Waals surface area contributed by atoms with Crippen LogP contribution in [0.1, 0.15) is 15.2 Å².